The molecule has 1 aromatic carbocycles. The van der Waals surface area contributed by atoms with Gasteiger partial charge in [0.05, 0.1) is 6.61 Å². The van der Waals surface area contributed by atoms with Crippen molar-refractivity contribution in [2.24, 2.45) is 0 Å². The predicted octanol–water partition coefficient (Wildman–Crippen LogP) is -1.17. The van der Waals surface area contributed by atoms with Crippen molar-refractivity contribution in [2.75, 3.05) is 6.61 Å². The molecule has 0 saturated heterocycles. The van der Waals surface area contributed by atoms with Gasteiger partial charge in [0.2, 0.25) is 0 Å². The minimum Gasteiger partial charge on any atom is -1.00 e. The molecule has 2 nitrogen and oxygen atoms in total. The number of hydrogen-bond donors (Lipinski definition) is 1. The van der Waals surface area contributed by atoms with E-state index >= 15 is 0 Å². The van der Waals surface area contributed by atoms with Crippen LogP contribution in [-0.2, 0) is 6.42 Å². The summed E-state index contributed by atoms with van der Waals surface area (Å²) in [6.07, 6.45) is 2.07. The first-order chi connectivity index (χ1) is 5.36. The van der Waals surface area contributed by atoms with Crippen LogP contribution in [0.3, 0.4) is 0 Å². The number of phenols is 1. The van der Waals surface area contributed by atoms with Crippen LogP contribution < -0.4 is 56.1 Å². The third-order valence-corrected chi connectivity index (χ3v) is 1.89. The Kier molecular flexibility index (Phi) is 4.06. The monoisotopic (exact) mass is 190 g/mol. The van der Waals surface area contributed by atoms with Crippen molar-refractivity contribution in [3.63, 3.8) is 0 Å². The molecule has 1 N–H and O–H groups in total. The fourth-order valence-corrected chi connectivity index (χ4v) is 1.35. The number of aryl methyl sites for hydroxylation is 1. The molecular weight excluding hydrogens is 179 g/mol. The molecule has 12 heavy (non-hydrogen) atoms. The van der Waals surface area contributed by atoms with Gasteiger partial charge >= 0.3 is 51.4 Å². The number of aromatic hydroxyl groups is 1. The molecule has 0 fully saturated rings. The van der Waals surface area contributed by atoms with Gasteiger partial charge in [0, 0.05) is 0 Å². The van der Waals surface area contributed by atoms with E-state index < -0.39 is 0 Å². The second kappa shape index (κ2) is 4.63. The van der Waals surface area contributed by atoms with Gasteiger partial charge in [-0.25, -0.2) is 0 Å². The second-order valence-corrected chi connectivity index (χ2v) is 2.74. The van der Waals surface area contributed by atoms with Gasteiger partial charge in [0.15, 0.2) is 0 Å². The summed E-state index contributed by atoms with van der Waals surface area (Å²) in [7, 11) is 0. The molecule has 1 heterocycles. The Balaban J connectivity index is 0.000000720. The third kappa shape index (κ3) is 2.23. The van der Waals surface area contributed by atoms with Crippen molar-refractivity contribution in [1.82, 2.24) is 0 Å². The summed E-state index contributed by atoms with van der Waals surface area (Å²) in [5.74, 6) is 1.25. The maximum absolute atomic E-state index is 9.13. The van der Waals surface area contributed by atoms with Crippen LogP contribution in [0.2, 0.25) is 0 Å². The van der Waals surface area contributed by atoms with Gasteiger partial charge in [-0.2, -0.15) is 0 Å². The van der Waals surface area contributed by atoms with Gasteiger partial charge in [-0.05, 0) is 36.6 Å². The summed E-state index contributed by atoms with van der Waals surface area (Å²) >= 11 is 0. The average Bonchev–Trinajstić information content (AvgIpc) is 2.04. The standard InChI is InChI=1S/C9H10O2.K.H/c10-8-3-4-9-7(6-8)2-1-5-11-9;;/h3-4,6,10H,1-2,5H2;;/q;+1;-1. The third-order valence-electron chi connectivity index (χ3n) is 1.89. The normalized spacial score (nSPS) is 14.0. The zero-order chi connectivity index (χ0) is 7.68. The van der Waals surface area contributed by atoms with Crippen LogP contribution in [0.15, 0.2) is 18.2 Å². The van der Waals surface area contributed by atoms with E-state index in [1.807, 2.05) is 6.07 Å². The van der Waals surface area contributed by atoms with Crippen molar-refractivity contribution in [2.45, 2.75) is 12.8 Å². The van der Waals surface area contributed by atoms with Crippen molar-refractivity contribution < 1.29 is 62.7 Å². The summed E-state index contributed by atoms with van der Waals surface area (Å²) < 4.78 is 5.37. The molecule has 1 aromatic rings. The summed E-state index contributed by atoms with van der Waals surface area (Å²) in [5, 5.41) is 9.13. The quantitative estimate of drug-likeness (QED) is 0.523. The predicted molar refractivity (Wildman–Crippen MR) is 43.0 cm³/mol. The van der Waals surface area contributed by atoms with Gasteiger partial charge in [0.1, 0.15) is 11.5 Å². The minimum absolute atomic E-state index is 0. The Bertz CT molecular complexity index is 278. The Morgan fingerprint density at radius 1 is 1.42 bits per heavy atom. The number of ether oxygens (including phenoxy) is 1. The molecule has 60 valence electrons. The second-order valence-electron chi connectivity index (χ2n) is 2.74. The number of rotatable bonds is 0. The first-order valence-corrected chi connectivity index (χ1v) is 3.81. The first kappa shape index (κ1) is 10.5. The maximum atomic E-state index is 9.13. The van der Waals surface area contributed by atoms with Crippen LogP contribution in [0.1, 0.15) is 13.4 Å². The molecule has 0 spiro atoms. The van der Waals surface area contributed by atoms with Crippen LogP contribution >= 0.6 is 0 Å². The molecule has 0 saturated carbocycles. The molecular formula is C9H11KO2. The molecule has 0 bridgehead atoms. The number of hydrogen-bond acceptors (Lipinski definition) is 2. The van der Waals surface area contributed by atoms with Crippen molar-refractivity contribution in [1.29, 1.82) is 0 Å². The summed E-state index contributed by atoms with van der Waals surface area (Å²) in [5.41, 5.74) is 1.12. The topological polar surface area (TPSA) is 29.5 Å². The largest absolute Gasteiger partial charge is 1.00 e. The van der Waals surface area contributed by atoms with E-state index in [1.54, 1.807) is 12.1 Å². The molecule has 0 aliphatic carbocycles. The number of benzene rings is 1. The van der Waals surface area contributed by atoms with Gasteiger partial charge in [0.25, 0.3) is 0 Å². The van der Waals surface area contributed by atoms with Gasteiger partial charge in [-0.1, -0.05) is 0 Å². The van der Waals surface area contributed by atoms with E-state index in [0.29, 0.717) is 5.75 Å². The zero-order valence-electron chi connectivity index (χ0n) is 8.21. The van der Waals surface area contributed by atoms with E-state index in [-0.39, 0.29) is 52.8 Å². The molecule has 2 rings (SSSR count). The van der Waals surface area contributed by atoms with E-state index in [2.05, 4.69) is 0 Å². The molecule has 0 unspecified atom stereocenters. The van der Waals surface area contributed by atoms with Crippen molar-refractivity contribution in [3.05, 3.63) is 23.8 Å². The van der Waals surface area contributed by atoms with Crippen LogP contribution in [-0.4, -0.2) is 11.7 Å². The average molecular weight is 190 g/mol. The van der Waals surface area contributed by atoms with Crippen LogP contribution in [0.25, 0.3) is 0 Å². The molecule has 0 amide bonds. The van der Waals surface area contributed by atoms with Crippen LogP contribution in [0, 0.1) is 0 Å². The van der Waals surface area contributed by atoms with Crippen LogP contribution in [0.5, 0.6) is 11.5 Å². The Labute approximate surface area is 116 Å². The van der Waals surface area contributed by atoms with Crippen LogP contribution in [0.4, 0.5) is 0 Å². The molecule has 3 heteroatoms. The molecule has 0 radical (unpaired) electrons. The Hall–Kier alpha value is 0.456. The molecule has 0 aromatic heterocycles. The fourth-order valence-electron chi connectivity index (χ4n) is 1.35. The fraction of sp³-hybridized carbons (Fsp3) is 0.333. The SMILES string of the molecule is Oc1ccc2c(c1)CCCO2.[H-].[K+]. The summed E-state index contributed by atoms with van der Waals surface area (Å²) in [6, 6.07) is 5.25. The van der Waals surface area contributed by atoms with E-state index in [0.717, 1.165) is 30.8 Å². The Morgan fingerprint density at radius 3 is 3.08 bits per heavy atom. The number of fused-ring (bicyclic) bond motifs is 1. The van der Waals surface area contributed by atoms with Gasteiger partial charge in [-0.15, -0.1) is 0 Å². The summed E-state index contributed by atoms with van der Waals surface area (Å²) in [6.45, 7) is 0.803. The number of phenolic OH excluding ortho intramolecular Hbond substituents is 1. The van der Waals surface area contributed by atoms with E-state index in [1.165, 1.54) is 0 Å². The molecule has 1 aliphatic rings. The zero-order valence-corrected chi connectivity index (χ0v) is 10.3. The Morgan fingerprint density at radius 2 is 2.25 bits per heavy atom. The molecule has 1 aliphatic heterocycles. The summed E-state index contributed by atoms with van der Waals surface area (Å²) in [4.78, 5) is 0. The van der Waals surface area contributed by atoms with Gasteiger partial charge in [-0.3, -0.25) is 0 Å². The minimum atomic E-state index is 0. The van der Waals surface area contributed by atoms with E-state index in [9.17, 15) is 0 Å². The molecule has 0 atom stereocenters. The first-order valence-electron chi connectivity index (χ1n) is 3.81. The van der Waals surface area contributed by atoms with Crippen molar-refractivity contribution >= 4 is 0 Å². The smallest absolute Gasteiger partial charge is 1.00 e. The van der Waals surface area contributed by atoms with Crippen molar-refractivity contribution in [3.8, 4) is 11.5 Å². The van der Waals surface area contributed by atoms with E-state index in [4.69, 9.17) is 9.84 Å². The maximum Gasteiger partial charge on any atom is 1.00 e. The van der Waals surface area contributed by atoms with Gasteiger partial charge < -0.3 is 11.3 Å².